The lowest BCUT2D eigenvalue weighted by Crippen LogP contribution is -1.88. The molecule has 0 aliphatic heterocycles. The molecule has 20 heavy (non-hydrogen) atoms. The third-order valence-corrected chi connectivity index (χ3v) is 4.26. The van der Waals surface area contributed by atoms with Crippen molar-refractivity contribution in [1.82, 2.24) is 0 Å². The van der Waals surface area contributed by atoms with Crippen LogP contribution in [-0.2, 0) is 11.2 Å². The van der Waals surface area contributed by atoms with Gasteiger partial charge in [-0.25, -0.2) is 0 Å². The number of halogens is 2. The minimum Gasteiger partial charge on any atom is -0.457 e. The summed E-state index contributed by atoms with van der Waals surface area (Å²) in [5.74, 6) is 1.38. The molecule has 0 atom stereocenters. The summed E-state index contributed by atoms with van der Waals surface area (Å²) in [5.41, 5.74) is 3.44. The largest absolute Gasteiger partial charge is 0.457 e. The van der Waals surface area contributed by atoms with E-state index in [1.54, 1.807) is 6.08 Å². The highest BCUT2D eigenvalue weighted by Gasteiger charge is 2.09. The Bertz CT molecular complexity index is 671. The van der Waals surface area contributed by atoms with Gasteiger partial charge in [0.1, 0.15) is 11.5 Å². The summed E-state index contributed by atoms with van der Waals surface area (Å²) in [6.45, 7) is 4.17. The van der Waals surface area contributed by atoms with Gasteiger partial charge in [-0.15, -0.1) is 0 Å². The molecule has 0 radical (unpaired) electrons. The zero-order chi connectivity index (χ0) is 14.7. The Morgan fingerprint density at radius 3 is 2.80 bits per heavy atom. The maximum Gasteiger partial charge on any atom is 0.245 e. The quantitative estimate of drug-likeness (QED) is 0.547. The number of aryl methyl sites for hydroxylation is 2. The van der Waals surface area contributed by atoms with Crippen LogP contribution in [0.2, 0.25) is 0 Å². The second-order valence-corrected chi connectivity index (χ2v) is 5.62. The average Bonchev–Trinajstić information content (AvgIpc) is 2.88. The minimum absolute atomic E-state index is 0.518. The Hall–Kier alpha value is -1.32. The molecule has 0 aliphatic rings. The van der Waals surface area contributed by atoms with Crippen LogP contribution in [0.4, 0.5) is 0 Å². The highest BCUT2D eigenvalue weighted by atomic mass is 79.9. The highest BCUT2D eigenvalue weighted by molar-refractivity contribution is 9.10. The van der Waals surface area contributed by atoms with Crippen molar-refractivity contribution in [3.05, 3.63) is 51.7 Å². The van der Waals surface area contributed by atoms with E-state index in [-0.39, 0.29) is 0 Å². The lowest BCUT2D eigenvalue weighted by Gasteiger charge is -2.08. The van der Waals surface area contributed by atoms with E-state index in [0.29, 0.717) is 5.76 Å². The number of hydrogen-bond acceptors (Lipinski definition) is 2. The third-order valence-electron chi connectivity index (χ3n) is 3.00. The molecule has 0 bridgehead atoms. The lowest BCUT2D eigenvalue weighted by molar-refractivity contribution is -0.107. The van der Waals surface area contributed by atoms with Crippen molar-refractivity contribution >= 4 is 38.8 Å². The van der Waals surface area contributed by atoms with Crippen LogP contribution < -0.4 is 0 Å². The first kappa shape index (κ1) is 15.1. The van der Waals surface area contributed by atoms with E-state index in [1.165, 1.54) is 17.2 Å². The third kappa shape index (κ3) is 3.41. The van der Waals surface area contributed by atoms with Crippen LogP contribution in [0.25, 0.3) is 17.4 Å². The van der Waals surface area contributed by atoms with Crippen LogP contribution >= 0.6 is 27.5 Å². The maximum absolute atomic E-state index is 10.7. The van der Waals surface area contributed by atoms with Gasteiger partial charge < -0.3 is 4.42 Å². The number of benzene rings is 1. The van der Waals surface area contributed by atoms with Crippen LogP contribution in [0.3, 0.4) is 0 Å². The summed E-state index contributed by atoms with van der Waals surface area (Å²) in [7, 11) is 0. The second kappa shape index (κ2) is 6.42. The fraction of sp³-hybridized carbons (Fsp3) is 0.188. The van der Waals surface area contributed by atoms with Gasteiger partial charge in [0.2, 0.25) is 5.24 Å². The van der Waals surface area contributed by atoms with E-state index >= 15 is 0 Å². The van der Waals surface area contributed by atoms with Gasteiger partial charge in [-0.3, -0.25) is 4.79 Å². The van der Waals surface area contributed by atoms with Gasteiger partial charge in [-0.2, -0.15) is 0 Å². The SMILES string of the molecule is CCc1cc(-c2ccc(/C=C/C(=O)Cl)o2)cc(C)c1Br. The summed E-state index contributed by atoms with van der Waals surface area (Å²) in [5, 5.41) is -0.518. The Labute approximate surface area is 131 Å². The molecule has 0 spiro atoms. The van der Waals surface area contributed by atoms with Gasteiger partial charge in [0.05, 0.1) is 0 Å². The molecule has 104 valence electrons. The molecule has 0 amide bonds. The number of hydrogen-bond donors (Lipinski definition) is 0. The van der Waals surface area contributed by atoms with Crippen LogP contribution in [-0.4, -0.2) is 5.24 Å². The summed E-state index contributed by atoms with van der Waals surface area (Å²) in [4.78, 5) is 10.7. The van der Waals surface area contributed by atoms with Crippen LogP contribution in [0, 0.1) is 6.92 Å². The van der Waals surface area contributed by atoms with Gasteiger partial charge in [0.15, 0.2) is 0 Å². The van der Waals surface area contributed by atoms with Crippen molar-refractivity contribution in [2.75, 3.05) is 0 Å². The van der Waals surface area contributed by atoms with Crippen LogP contribution in [0.1, 0.15) is 23.8 Å². The van der Waals surface area contributed by atoms with Gasteiger partial charge in [-0.05, 0) is 66.4 Å². The normalized spacial score (nSPS) is 11.2. The minimum atomic E-state index is -0.518. The molecule has 0 unspecified atom stereocenters. The fourth-order valence-electron chi connectivity index (χ4n) is 1.99. The number of rotatable bonds is 4. The number of furan rings is 1. The van der Waals surface area contributed by atoms with E-state index in [2.05, 4.69) is 41.9 Å². The molecule has 1 aromatic heterocycles. The van der Waals surface area contributed by atoms with Crippen LogP contribution in [0.15, 0.2) is 39.2 Å². The highest BCUT2D eigenvalue weighted by Crippen LogP contribution is 2.30. The average molecular weight is 354 g/mol. The number of allylic oxidation sites excluding steroid dienone is 1. The molecular formula is C16H14BrClO2. The number of carbonyl (C=O) groups excluding carboxylic acids is 1. The lowest BCUT2D eigenvalue weighted by atomic mass is 10.0. The van der Waals surface area contributed by atoms with Crippen molar-refractivity contribution in [3.63, 3.8) is 0 Å². The van der Waals surface area contributed by atoms with Gasteiger partial charge >= 0.3 is 0 Å². The van der Waals surface area contributed by atoms with Crippen molar-refractivity contribution in [2.45, 2.75) is 20.3 Å². The Kier molecular flexibility index (Phi) is 4.84. The maximum atomic E-state index is 10.7. The van der Waals surface area contributed by atoms with Crippen molar-refractivity contribution in [3.8, 4) is 11.3 Å². The van der Waals surface area contributed by atoms with E-state index in [9.17, 15) is 4.79 Å². The van der Waals surface area contributed by atoms with Gasteiger partial charge in [-0.1, -0.05) is 22.9 Å². The van der Waals surface area contributed by atoms with Crippen molar-refractivity contribution < 1.29 is 9.21 Å². The number of carbonyl (C=O) groups is 1. The van der Waals surface area contributed by atoms with E-state index in [1.807, 2.05) is 12.1 Å². The zero-order valence-corrected chi connectivity index (χ0v) is 13.6. The fourth-order valence-corrected chi connectivity index (χ4v) is 2.56. The molecule has 2 nitrogen and oxygen atoms in total. The molecule has 1 aromatic carbocycles. The Balaban J connectivity index is 2.37. The van der Waals surface area contributed by atoms with Gasteiger partial charge in [0.25, 0.3) is 0 Å². The topological polar surface area (TPSA) is 30.2 Å². The molecule has 4 heteroatoms. The molecule has 0 fully saturated rings. The van der Waals surface area contributed by atoms with E-state index < -0.39 is 5.24 Å². The molecule has 2 rings (SSSR count). The molecule has 2 aromatic rings. The Morgan fingerprint density at radius 2 is 2.15 bits per heavy atom. The zero-order valence-electron chi connectivity index (χ0n) is 11.2. The first-order chi connectivity index (χ1) is 9.51. The van der Waals surface area contributed by atoms with Gasteiger partial charge in [0, 0.05) is 16.1 Å². The van der Waals surface area contributed by atoms with E-state index in [0.717, 1.165) is 22.2 Å². The molecular weight excluding hydrogens is 340 g/mol. The van der Waals surface area contributed by atoms with Crippen molar-refractivity contribution in [2.24, 2.45) is 0 Å². The first-order valence-electron chi connectivity index (χ1n) is 6.28. The smallest absolute Gasteiger partial charge is 0.245 e. The molecule has 0 N–H and O–H groups in total. The standard InChI is InChI=1S/C16H14BrClO2/c1-3-11-9-12(8-10(2)16(11)17)14-6-4-13(20-14)5-7-15(18)19/h4-9H,3H2,1-2H3/b7-5+. The second-order valence-electron chi connectivity index (χ2n) is 4.46. The molecule has 1 heterocycles. The molecule has 0 aliphatic carbocycles. The first-order valence-corrected chi connectivity index (χ1v) is 7.45. The summed E-state index contributed by atoms with van der Waals surface area (Å²) < 4.78 is 6.84. The summed E-state index contributed by atoms with van der Waals surface area (Å²) in [6, 6.07) is 7.88. The molecule has 0 saturated heterocycles. The summed E-state index contributed by atoms with van der Waals surface area (Å²) in [6.07, 6.45) is 3.78. The van der Waals surface area contributed by atoms with Crippen LogP contribution in [0.5, 0.6) is 0 Å². The predicted octanol–water partition coefficient (Wildman–Crippen LogP) is 5.36. The molecule has 0 saturated carbocycles. The van der Waals surface area contributed by atoms with Crippen molar-refractivity contribution in [1.29, 1.82) is 0 Å². The predicted molar refractivity (Wildman–Crippen MR) is 85.9 cm³/mol. The summed E-state index contributed by atoms with van der Waals surface area (Å²) >= 11 is 8.86. The van der Waals surface area contributed by atoms with E-state index in [4.69, 9.17) is 16.0 Å². The Morgan fingerprint density at radius 1 is 1.40 bits per heavy atom. The monoisotopic (exact) mass is 352 g/mol.